The summed E-state index contributed by atoms with van der Waals surface area (Å²) in [6, 6.07) is 0. The van der Waals surface area contributed by atoms with E-state index in [1.165, 1.54) is 103 Å². The minimum absolute atomic E-state index is 0.162. The maximum atomic E-state index is 10.6. The molecule has 0 aliphatic rings. The lowest BCUT2D eigenvalue weighted by Crippen LogP contribution is -2.09. The van der Waals surface area contributed by atoms with Crippen molar-refractivity contribution in [2.45, 2.75) is 135 Å². The fraction of sp³-hybridized carbons (Fsp3) is 0.885. The van der Waals surface area contributed by atoms with E-state index in [1.54, 1.807) is 0 Å². The molecule has 0 aliphatic carbocycles. The number of rotatable bonds is 23. The van der Waals surface area contributed by atoms with Crippen LogP contribution in [0.2, 0.25) is 0 Å². The zero-order valence-electron chi connectivity index (χ0n) is 19.5. The lowest BCUT2D eigenvalue weighted by atomic mass is 9.93. The van der Waals surface area contributed by atoms with Crippen molar-refractivity contribution in [2.75, 3.05) is 6.61 Å². The highest BCUT2D eigenvalue weighted by atomic mass is 16.3. The molecule has 0 bridgehead atoms. The number of unbranched alkanes of at least 4 members (excludes halogenated alkanes) is 13. The number of hydrogen-bond donors (Lipinski definition) is 2. The summed E-state index contributed by atoms with van der Waals surface area (Å²) in [7, 11) is 0. The van der Waals surface area contributed by atoms with Crippen molar-refractivity contribution in [3.05, 3.63) is 12.2 Å². The molecule has 0 spiro atoms. The number of aliphatic hydroxyl groups is 1. The van der Waals surface area contributed by atoms with Crippen LogP contribution in [0.3, 0.4) is 0 Å². The summed E-state index contributed by atoms with van der Waals surface area (Å²) in [5.41, 5.74) is 5.14. The van der Waals surface area contributed by atoms with Gasteiger partial charge in [0, 0.05) is 13.0 Å². The first-order valence-electron chi connectivity index (χ1n) is 12.7. The summed E-state index contributed by atoms with van der Waals surface area (Å²) in [5, 5.41) is 9.11. The highest BCUT2D eigenvalue weighted by molar-refractivity contribution is 5.73. The smallest absolute Gasteiger partial charge is 0.217 e. The first-order valence-corrected chi connectivity index (χ1v) is 12.7. The van der Waals surface area contributed by atoms with E-state index in [9.17, 15) is 4.79 Å². The molecule has 172 valence electrons. The van der Waals surface area contributed by atoms with Gasteiger partial charge in [-0.3, -0.25) is 4.79 Å². The molecule has 0 saturated heterocycles. The molecule has 1 unspecified atom stereocenters. The topological polar surface area (TPSA) is 63.3 Å². The number of amides is 1. The van der Waals surface area contributed by atoms with Crippen LogP contribution >= 0.6 is 0 Å². The molecule has 0 radical (unpaired) electrons. The van der Waals surface area contributed by atoms with E-state index < -0.39 is 0 Å². The third-order valence-electron chi connectivity index (χ3n) is 5.93. The van der Waals surface area contributed by atoms with Crippen molar-refractivity contribution >= 4 is 5.91 Å². The molecule has 3 nitrogen and oxygen atoms in total. The van der Waals surface area contributed by atoms with E-state index in [4.69, 9.17) is 10.8 Å². The Balaban J connectivity index is 3.24. The van der Waals surface area contributed by atoms with Crippen LogP contribution in [0, 0.1) is 5.92 Å². The van der Waals surface area contributed by atoms with Crippen molar-refractivity contribution in [2.24, 2.45) is 11.7 Å². The number of carbonyl (C=O) groups is 1. The Morgan fingerprint density at radius 1 is 0.724 bits per heavy atom. The second-order valence-corrected chi connectivity index (χ2v) is 8.82. The lowest BCUT2D eigenvalue weighted by Gasteiger charge is -2.14. The largest absolute Gasteiger partial charge is 0.396 e. The predicted octanol–water partition coefficient (Wildman–Crippen LogP) is 7.46. The molecule has 0 rings (SSSR count). The third-order valence-corrected chi connectivity index (χ3v) is 5.93. The number of nitrogens with two attached hydrogens (primary N) is 1. The zero-order valence-corrected chi connectivity index (χ0v) is 19.5. The molecule has 1 amide bonds. The lowest BCUT2D eigenvalue weighted by molar-refractivity contribution is -0.118. The van der Waals surface area contributed by atoms with Crippen LogP contribution in [-0.2, 0) is 4.79 Å². The normalized spacial score (nSPS) is 12.6. The van der Waals surface area contributed by atoms with Crippen LogP contribution in [0.15, 0.2) is 12.2 Å². The van der Waals surface area contributed by atoms with E-state index in [-0.39, 0.29) is 5.91 Å². The Kier molecular flexibility index (Phi) is 22.8. The van der Waals surface area contributed by atoms with Gasteiger partial charge in [-0.25, -0.2) is 0 Å². The quantitative estimate of drug-likeness (QED) is 0.136. The second-order valence-electron chi connectivity index (χ2n) is 8.82. The Hall–Kier alpha value is -0.830. The van der Waals surface area contributed by atoms with Crippen LogP contribution in [0.4, 0.5) is 0 Å². The molecular weight excluding hydrogens is 358 g/mol. The molecule has 0 aromatic carbocycles. The van der Waals surface area contributed by atoms with Gasteiger partial charge in [0.05, 0.1) is 0 Å². The first-order chi connectivity index (χ1) is 14.2. The molecule has 3 N–H and O–H groups in total. The van der Waals surface area contributed by atoms with Gasteiger partial charge < -0.3 is 10.8 Å². The number of hydrogen-bond acceptors (Lipinski definition) is 2. The Morgan fingerprint density at radius 3 is 1.69 bits per heavy atom. The molecule has 0 aromatic heterocycles. The standard InChI is InChI=1S/C26H51NO2/c1-2-20-25(23-24-28)21-18-16-14-12-10-8-6-4-3-5-7-9-11-13-15-17-19-22-26(27)29/h6,8,25,28H,2-5,7,9-24H2,1H3,(H2,27,29)/b8-6-. The molecule has 0 aliphatic heterocycles. The molecule has 3 heteroatoms. The van der Waals surface area contributed by atoms with Crippen molar-refractivity contribution < 1.29 is 9.90 Å². The highest BCUT2D eigenvalue weighted by Gasteiger charge is 2.06. The molecule has 29 heavy (non-hydrogen) atoms. The zero-order chi connectivity index (χ0) is 21.4. The van der Waals surface area contributed by atoms with Crippen molar-refractivity contribution in [3.63, 3.8) is 0 Å². The van der Waals surface area contributed by atoms with Gasteiger partial charge >= 0.3 is 0 Å². The molecule has 0 saturated carbocycles. The number of aliphatic hydroxyl groups excluding tert-OH is 1. The molecule has 0 aromatic rings. The van der Waals surface area contributed by atoms with Gasteiger partial charge in [-0.05, 0) is 44.4 Å². The molecule has 1 atom stereocenters. The van der Waals surface area contributed by atoms with Crippen molar-refractivity contribution in [1.29, 1.82) is 0 Å². The van der Waals surface area contributed by atoms with E-state index in [1.807, 2.05) is 0 Å². The average molecular weight is 410 g/mol. The van der Waals surface area contributed by atoms with E-state index in [2.05, 4.69) is 19.1 Å². The summed E-state index contributed by atoms with van der Waals surface area (Å²) in [6.07, 6.45) is 29.4. The van der Waals surface area contributed by atoms with E-state index >= 15 is 0 Å². The minimum Gasteiger partial charge on any atom is -0.396 e. The fourth-order valence-electron chi connectivity index (χ4n) is 4.11. The van der Waals surface area contributed by atoms with Crippen LogP contribution in [-0.4, -0.2) is 17.6 Å². The minimum atomic E-state index is -0.162. The first kappa shape index (κ1) is 28.2. The van der Waals surface area contributed by atoms with Crippen LogP contribution in [0.1, 0.15) is 135 Å². The van der Waals surface area contributed by atoms with E-state index in [0.717, 1.165) is 25.2 Å². The van der Waals surface area contributed by atoms with Crippen LogP contribution in [0.5, 0.6) is 0 Å². The van der Waals surface area contributed by atoms with Gasteiger partial charge in [-0.15, -0.1) is 0 Å². The van der Waals surface area contributed by atoms with E-state index in [0.29, 0.717) is 13.0 Å². The summed E-state index contributed by atoms with van der Waals surface area (Å²) < 4.78 is 0. The summed E-state index contributed by atoms with van der Waals surface area (Å²) >= 11 is 0. The third kappa shape index (κ3) is 23.3. The van der Waals surface area contributed by atoms with Gasteiger partial charge in [0.25, 0.3) is 0 Å². The number of allylic oxidation sites excluding steroid dienone is 2. The summed E-state index contributed by atoms with van der Waals surface area (Å²) in [5.74, 6) is 0.586. The highest BCUT2D eigenvalue weighted by Crippen LogP contribution is 2.19. The second kappa shape index (κ2) is 23.4. The number of carbonyl (C=O) groups excluding carboxylic acids is 1. The monoisotopic (exact) mass is 409 g/mol. The average Bonchev–Trinajstić information content (AvgIpc) is 2.69. The Morgan fingerprint density at radius 2 is 1.21 bits per heavy atom. The Labute approximate surface area is 181 Å². The van der Waals surface area contributed by atoms with Gasteiger partial charge in [0.15, 0.2) is 0 Å². The summed E-state index contributed by atoms with van der Waals surface area (Å²) in [4.78, 5) is 10.6. The van der Waals surface area contributed by atoms with Crippen LogP contribution in [0.25, 0.3) is 0 Å². The molecule has 0 heterocycles. The molecular formula is C26H51NO2. The maximum Gasteiger partial charge on any atom is 0.217 e. The molecule has 0 fully saturated rings. The van der Waals surface area contributed by atoms with Crippen LogP contribution < -0.4 is 5.73 Å². The number of primary amides is 1. The van der Waals surface area contributed by atoms with Crippen molar-refractivity contribution in [3.8, 4) is 0 Å². The summed E-state index contributed by atoms with van der Waals surface area (Å²) in [6.45, 7) is 2.60. The van der Waals surface area contributed by atoms with Gasteiger partial charge in [-0.2, -0.15) is 0 Å². The maximum absolute atomic E-state index is 10.6. The Bertz CT molecular complexity index is 362. The SMILES string of the molecule is CCCC(CCO)CCCCCC/C=C\CCCCCCCCCCCC(N)=O. The predicted molar refractivity (Wildman–Crippen MR) is 127 cm³/mol. The van der Waals surface area contributed by atoms with Crippen molar-refractivity contribution in [1.82, 2.24) is 0 Å². The van der Waals surface area contributed by atoms with Gasteiger partial charge in [0.1, 0.15) is 0 Å². The van der Waals surface area contributed by atoms with Gasteiger partial charge in [0.2, 0.25) is 5.91 Å². The van der Waals surface area contributed by atoms with Gasteiger partial charge in [-0.1, -0.05) is 103 Å². The fourth-order valence-corrected chi connectivity index (χ4v) is 4.11.